The van der Waals surface area contributed by atoms with Crippen LogP contribution in [0.2, 0.25) is 0 Å². The summed E-state index contributed by atoms with van der Waals surface area (Å²) in [6, 6.07) is 8.03. The third-order valence-corrected chi connectivity index (χ3v) is 4.43. The van der Waals surface area contributed by atoms with Crippen LogP contribution in [0, 0.1) is 0 Å². The predicted molar refractivity (Wildman–Crippen MR) is 79.2 cm³/mol. The molecule has 3 nitrogen and oxygen atoms in total. The lowest BCUT2D eigenvalue weighted by Gasteiger charge is -2.41. The summed E-state index contributed by atoms with van der Waals surface area (Å²) in [5, 5.41) is 5.77. The van der Waals surface area contributed by atoms with Crippen LogP contribution in [0.5, 0.6) is 5.75 Å². The normalized spacial score (nSPS) is 16.9. The summed E-state index contributed by atoms with van der Waals surface area (Å²) in [7, 11) is 1.68. The Kier molecular flexibility index (Phi) is 3.23. The summed E-state index contributed by atoms with van der Waals surface area (Å²) in [5.74, 6) is 2.40. The van der Waals surface area contributed by atoms with E-state index in [1.807, 2.05) is 30.5 Å². The molecule has 1 saturated carbocycles. The van der Waals surface area contributed by atoms with Crippen molar-refractivity contribution < 1.29 is 4.74 Å². The Bertz CT molecular complexity index is 590. The molecule has 19 heavy (non-hydrogen) atoms. The molecule has 1 aliphatic carbocycles. The van der Waals surface area contributed by atoms with E-state index >= 15 is 0 Å². The Labute approximate surface area is 117 Å². The van der Waals surface area contributed by atoms with Crippen molar-refractivity contribution in [3.8, 4) is 5.75 Å². The molecule has 1 aromatic heterocycles. The molecule has 100 valence electrons. The van der Waals surface area contributed by atoms with Gasteiger partial charge in [-0.15, -0.1) is 11.6 Å². The summed E-state index contributed by atoms with van der Waals surface area (Å²) in [6.45, 7) is 0. The van der Waals surface area contributed by atoms with Crippen LogP contribution in [0.15, 0.2) is 30.5 Å². The first-order chi connectivity index (χ1) is 9.26. The molecule has 0 unspecified atom stereocenters. The van der Waals surface area contributed by atoms with E-state index in [1.165, 1.54) is 6.42 Å². The van der Waals surface area contributed by atoms with E-state index in [1.54, 1.807) is 7.11 Å². The minimum Gasteiger partial charge on any atom is -0.497 e. The van der Waals surface area contributed by atoms with Crippen molar-refractivity contribution in [3.05, 3.63) is 30.5 Å². The van der Waals surface area contributed by atoms with Crippen LogP contribution in [0.25, 0.3) is 10.8 Å². The number of methoxy groups -OCH3 is 1. The van der Waals surface area contributed by atoms with Gasteiger partial charge in [-0.25, -0.2) is 4.98 Å². The highest BCUT2D eigenvalue weighted by atomic mass is 35.5. The van der Waals surface area contributed by atoms with Crippen molar-refractivity contribution in [2.24, 2.45) is 0 Å². The van der Waals surface area contributed by atoms with Gasteiger partial charge in [0.2, 0.25) is 0 Å². The van der Waals surface area contributed by atoms with Gasteiger partial charge >= 0.3 is 0 Å². The second-order valence-electron chi connectivity index (χ2n) is 5.14. The van der Waals surface area contributed by atoms with Crippen molar-refractivity contribution in [1.82, 2.24) is 4.98 Å². The van der Waals surface area contributed by atoms with Crippen LogP contribution < -0.4 is 10.1 Å². The van der Waals surface area contributed by atoms with Crippen LogP contribution in [0.1, 0.15) is 19.3 Å². The quantitative estimate of drug-likeness (QED) is 0.862. The average molecular weight is 277 g/mol. The Balaban J connectivity index is 1.99. The van der Waals surface area contributed by atoms with Gasteiger partial charge in [0.05, 0.1) is 12.6 Å². The number of benzene rings is 1. The molecule has 0 amide bonds. The first-order valence-electron chi connectivity index (χ1n) is 6.53. The second-order valence-corrected chi connectivity index (χ2v) is 5.41. The van der Waals surface area contributed by atoms with Gasteiger partial charge in [0.15, 0.2) is 0 Å². The van der Waals surface area contributed by atoms with Crippen molar-refractivity contribution in [1.29, 1.82) is 0 Å². The van der Waals surface area contributed by atoms with Crippen LogP contribution >= 0.6 is 11.6 Å². The molecule has 1 heterocycles. The van der Waals surface area contributed by atoms with Crippen LogP contribution in [-0.2, 0) is 0 Å². The maximum atomic E-state index is 6.10. The monoisotopic (exact) mass is 276 g/mol. The molecule has 1 aliphatic rings. The van der Waals surface area contributed by atoms with Gasteiger partial charge in [-0.2, -0.15) is 0 Å². The summed E-state index contributed by atoms with van der Waals surface area (Å²) in [5.41, 5.74) is 0.0305. The molecule has 1 fully saturated rings. The summed E-state index contributed by atoms with van der Waals surface area (Å²) < 4.78 is 5.25. The van der Waals surface area contributed by atoms with Crippen molar-refractivity contribution >= 4 is 28.2 Å². The third-order valence-electron chi connectivity index (χ3n) is 3.92. The van der Waals surface area contributed by atoms with E-state index in [9.17, 15) is 0 Å². The van der Waals surface area contributed by atoms with E-state index in [2.05, 4.69) is 10.3 Å². The Hall–Kier alpha value is -1.48. The van der Waals surface area contributed by atoms with Crippen molar-refractivity contribution in [2.75, 3.05) is 18.3 Å². The van der Waals surface area contributed by atoms with Gasteiger partial charge < -0.3 is 10.1 Å². The number of nitrogens with one attached hydrogen (secondary N) is 1. The molecule has 0 saturated heterocycles. The fourth-order valence-corrected chi connectivity index (χ4v) is 2.86. The predicted octanol–water partition coefficient (Wildman–Crippen LogP) is 3.82. The molecule has 0 aliphatic heterocycles. The highest BCUT2D eigenvalue weighted by Gasteiger charge is 2.36. The van der Waals surface area contributed by atoms with Crippen LogP contribution in [0.4, 0.5) is 5.82 Å². The molecule has 1 N–H and O–H groups in total. The van der Waals surface area contributed by atoms with E-state index in [0.29, 0.717) is 5.88 Å². The largest absolute Gasteiger partial charge is 0.497 e. The van der Waals surface area contributed by atoms with Crippen LogP contribution in [0.3, 0.4) is 0 Å². The molecule has 0 spiro atoms. The molecule has 0 radical (unpaired) electrons. The lowest BCUT2D eigenvalue weighted by molar-refractivity contribution is 0.310. The van der Waals surface area contributed by atoms with Gasteiger partial charge in [-0.1, -0.05) is 0 Å². The molecular weight excluding hydrogens is 260 g/mol. The van der Waals surface area contributed by atoms with Crippen LogP contribution in [-0.4, -0.2) is 23.5 Å². The van der Waals surface area contributed by atoms with Crippen molar-refractivity contribution in [2.45, 2.75) is 24.8 Å². The topological polar surface area (TPSA) is 34.1 Å². The number of fused-ring (bicyclic) bond motifs is 1. The lowest BCUT2D eigenvalue weighted by Crippen LogP contribution is -2.47. The smallest absolute Gasteiger partial charge is 0.134 e. The van der Waals surface area contributed by atoms with E-state index in [4.69, 9.17) is 16.3 Å². The first kappa shape index (κ1) is 12.5. The maximum absolute atomic E-state index is 6.10. The number of alkyl halides is 1. The Morgan fingerprint density at radius 1 is 1.37 bits per heavy atom. The van der Waals surface area contributed by atoms with Gasteiger partial charge in [-0.3, -0.25) is 0 Å². The molecule has 4 heteroatoms. The number of ether oxygens (including phenoxy) is 1. The third kappa shape index (κ3) is 2.23. The highest BCUT2D eigenvalue weighted by Crippen LogP contribution is 2.37. The number of hydrogen-bond donors (Lipinski definition) is 1. The molecule has 1 aromatic carbocycles. The zero-order valence-corrected chi connectivity index (χ0v) is 11.7. The second kappa shape index (κ2) is 4.89. The van der Waals surface area contributed by atoms with Gasteiger partial charge in [0.25, 0.3) is 0 Å². The molecule has 3 rings (SSSR count). The van der Waals surface area contributed by atoms with Gasteiger partial charge in [0, 0.05) is 17.5 Å². The first-order valence-corrected chi connectivity index (χ1v) is 7.07. The molecule has 2 aromatic rings. The summed E-state index contributed by atoms with van der Waals surface area (Å²) in [4.78, 5) is 4.47. The molecule has 0 atom stereocenters. The number of rotatable bonds is 4. The van der Waals surface area contributed by atoms with Gasteiger partial charge in [0.1, 0.15) is 11.6 Å². The molecule has 0 bridgehead atoms. The fraction of sp³-hybridized carbons (Fsp3) is 0.400. The number of nitrogens with zero attached hydrogens (tertiary/aromatic N) is 1. The number of aromatic nitrogens is 1. The van der Waals surface area contributed by atoms with E-state index in [0.717, 1.165) is 35.2 Å². The number of hydrogen-bond acceptors (Lipinski definition) is 3. The minimum atomic E-state index is 0.0305. The van der Waals surface area contributed by atoms with E-state index in [-0.39, 0.29) is 5.54 Å². The number of anilines is 1. The average Bonchev–Trinajstić information content (AvgIpc) is 2.42. The zero-order valence-electron chi connectivity index (χ0n) is 10.9. The Morgan fingerprint density at radius 2 is 2.21 bits per heavy atom. The fourth-order valence-electron chi connectivity index (χ4n) is 2.53. The summed E-state index contributed by atoms with van der Waals surface area (Å²) >= 11 is 6.10. The van der Waals surface area contributed by atoms with Crippen molar-refractivity contribution in [3.63, 3.8) is 0 Å². The van der Waals surface area contributed by atoms with E-state index < -0.39 is 0 Å². The SMILES string of the molecule is COc1ccc2c(NC3(CCl)CCC3)nccc2c1. The zero-order chi connectivity index (χ0) is 13.3. The number of pyridine rings is 1. The summed E-state index contributed by atoms with van der Waals surface area (Å²) in [6.07, 6.45) is 5.29. The highest BCUT2D eigenvalue weighted by molar-refractivity contribution is 6.19. The minimum absolute atomic E-state index is 0.0305. The lowest BCUT2D eigenvalue weighted by atomic mass is 9.78. The number of halogens is 1. The maximum Gasteiger partial charge on any atom is 0.134 e. The Morgan fingerprint density at radius 3 is 2.84 bits per heavy atom. The van der Waals surface area contributed by atoms with Gasteiger partial charge in [-0.05, 0) is 48.9 Å². The standard InChI is InChI=1S/C15H17ClN2O/c1-19-12-3-4-13-11(9-12)5-8-17-14(13)18-15(10-16)6-2-7-15/h3-5,8-9H,2,6-7,10H2,1H3,(H,17,18). The molecular formula is C15H17ClN2O.